The van der Waals surface area contributed by atoms with Gasteiger partial charge in [-0.15, -0.1) is 0 Å². The zero-order chi connectivity index (χ0) is 23.4. The van der Waals surface area contributed by atoms with Crippen molar-refractivity contribution in [3.05, 3.63) is 56.6 Å². The Balaban J connectivity index is 1.63. The Hall–Kier alpha value is -3.13. The number of hydrogen-bond donors (Lipinski definition) is 2. The lowest BCUT2D eigenvalue weighted by Gasteiger charge is -2.26. The maximum atomic E-state index is 13.4. The summed E-state index contributed by atoms with van der Waals surface area (Å²) in [4.78, 5) is 36.4. The molecule has 2 aromatic heterocycles. The first-order chi connectivity index (χ1) is 15.7. The van der Waals surface area contributed by atoms with Crippen LogP contribution >= 0.6 is 11.6 Å². The molecule has 33 heavy (non-hydrogen) atoms. The van der Waals surface area contributed by atoms with Gasteiger partial charge in [0.2, 0.25) is 5.95 Å². The Morgan fingerprint density at radius 3 is 2.48 bits per heavy atom. The second-order valence-electron chi connectivity index (χ2n) is 9.10. The minimum absolute atomic E-state index is 0.0714. The lowest BCUT2D eigenvalue weighted by Crippen LogP contribution is -2.35. The number of pyridine rings is 1. The summed E-state index contributed by atoms with van der Waals surface area (Å²) in [6.07, 6.45) is 4.55. The highest BCUT2D eigenvalue weighted by Crippen LogP contribution is 2.40. The number of fused-ring (bicyclic) bond motifs is 3. The van der Waals surface area contributed by atoms with Gasteiger partial charge in [0.15, 0.2) is 5.69 Å². The number of carboxylic acids is 1. The van der Waals surface area contributed by atoms with Crippen LogP contribution in [0.4, 0.5) is 11.6 Å². The molecule has 0 radical (unpaired) electrons. The minimum atomic E-state index is -1.17. The van der Waals surface area contributed by atoms with E-state index >= 15 is 0 Å². The van der Waals surface area contributed by atoms with Crippen molar-refractivity contribution in [3.63, 3.8) is 0 Å². The molecule has 0 amide bonds. The molecule has 2 aliphatic heterocycles. The molecule has 2 bridgehead atoms. The molecular weight excluding hydrogens is 442 g/mol. The Kier molecular flexibility index (Phi) is 5.28. The van der Waals surface area contributed by atoms with E-state index < -0.39 is 5.97 Å². The topological polar surface area (TPSA) is 100 Å². The molecule has 0 saturated carbocycles. The predicted octanol–water partition coefficient (Wildman–Crippen LogP) is 4.29. The van der Waals surface area contributed by atoms with Gasteiger partial charge in [0.1, 0.15) is 5.15 Å². The first-order valence-electron chi connectivity index (χ1n) is 11.2. The molecular formula is C24H26ClN5O3. The van der Waals surface area contributed by atoms with E-state index in [2.05, 4.69) is 15.2 Å². The van der Waals surface area contributed by atoms with E-state index in [9.17, 15) is 14.7 Å². The average molecular weight is 468 g/mol. The van der Waals surface area contributed by atoms with E-state index in [4.69, 9.17) is 16.6 Å². The van der Waals surface area contributed by atoms with Crippen LogP contribution in [-0.2, 0) is 7.05 Å². The highest BCUT2D eigenvalue weighted by atomic mass is 35.5. The van der Waals surface area contributed by atoms with Crippen molar-refractivity contribution in [1.29, 1.82) is 0 Å². The molecule has 8 nitrogen and oxygen atoms in total. The number of anilines is 2. The number of aryl methyl sites for hydroxylation is 1. The van der Waals surface area contributed by atoms with E-state index in [1.165, 1.54) is 0 Å². The van der Waals surface area contributed by atoms with Gasteiger partial charge >= 0.3 is 5.97 Å². The van der Waals surface area contributed by atoms with E-state index in [1.54, 1.807) is 23.7 Å². The average Bonchev–Trinajstić information content (AvgIpc) is 3.37. The normalized spacial score (nSPS) is 20.4. The van der Waals surface area contributed by atoms with Gasteiger partial charge in [0, 0.05) is 24.7 Å². The second-order valence-corrected chi connectivity index (χ2v) is 9.48. The van der Waals surface area contributed by atoms with E-state index in [1.807, 2.05) is 26.0 Å². The van der Waals surface area contributed by atoms with E-state index in [-0.39, 0.29) is 22.4 Å². The van der Waals surface area contributed by atoms with Crippen molar-refractivity contribution >= 4 is 40.1 Å². The van der Waals surface area contributed by atoms with Gasteiger partial charge in [-0.25, -0.2) is 14.8 Å². The van der Waals surface area contributed by atoms with Gasteiger partial charge < -0.3 is 15.3 Å². The lowest BCUT2D eigenvalue weighted by atomic mass is 10.0. The fourth-order valence-corrected chi connectivity index (χ4v) is 5.51. The van der Waals surface area contributed by atoms with Gasteiger partial charge in [-0.05, 0) is 63.3 Å². The predicted molar refractivity (Wildman–Crippen MR) is 128 cm³/mol. The Labute approximate surface area is 196 Å². The van der Waals surface area contributed by atoms with E-state index in [0.717, 1.165) is 36.8 Å². The van der Waals surface area contributed by atoms with Crippen LogP contribution in [0.1, 0.15) is 60.3 Å². The summed E-state index contributed by atoms with van der Waals surface area (Å²) in [5.41, 5.74) is 2.55. The molecule has 1 aromatic carbocycles. The van der Waals surface area contributed by atoms with Gasteiger partial charge in [-0.1, -0.05) is 17.7 Å². The zero-order valence-corrected chi connectivity index (χ0v) is 19.6. The Morgan fingerprint density at radius 1 is 1.18 bits per heavy atom. The SMILES string of the molecule is Cc1cc([C@@H](C)Nc2ccc(Cl)nc2C(=O)O)c2nc(N3C4CCC3CC4)n(C)c(=O)c2c1. The summed E-state index contributed by atoms with van der Waals surface area (Å²) >= 11 is 5.90. The monoisotopic (exact) mass is 467 g/mol. The van der Waals surface area contributed by atoms with Crippen molar-refractivity contribution in [2.75, 3.05) is 10.2 Å². The number of hydrogen-bond acceptors (Lipinski definition) is 6. The summed E-state index contributed by atoms with van der Waals surface area (Å²) in [5, 5.41) is 13.5. The molecule has 4 heterocycles. The lowest BCUT2D eigenvalue weighted by molar-refractivity contribution is 0.0691. The fraction of sp³-hybridized carbons (Fsp3) is 0.417. The standard InChI is InChI=1S/C24H26ClN5O3/c1-12-10-16(13(2)26-18-8-9-19(25)27-21(18)23(32)33)20-17(11-12)22(31)29(3)24(28-20)30-14-4-5-15(30)7-6-14/h8-11,13-15,26H,4-7H2,1-3H3,(H,32,33)/t13-,14?,15?/m1/s1. The van der Waals surface area contributed by atoms with Crippen LogP contribution in [0.15, 0.2) is 29.1 Å². The maximum absolute atomic E-state index is 13.4. The zero-order valence-electron chi connectivity index (χ0n) is 18.8. The number of carbonyl (C=O) groups is 1. The van der Waals surface area contributed by atoms with Crippen molar-refractivity contribution in [1.82, 2.24) is 14.5 Å². The molecule has 9 heteroatoms. The molecule has 3 aromatic rings. The van der Waals surface area contributed by atoms with Crippen molar-refractivity contribution in [2.24, 2.45) is 7.05 Å². The fourth-order valence-electron chi connectivity index (χ4n) is 5.37. The molecule has 0 spiro atoms. The van der Waals surface area contributed by atoms with Crippen molar-refractivity contribution < 1.29 is 9.90 Å². The van der Waals surface area contributed by atoms with Crippen LogP contribution in [-0.4, -0.2) is 37.7 Å². The molecule has 2 fully saturated rings. The molecule has 5 rings (SSSR count). The number of halogens is 1. The largest absolute Gasteiger partial charge is 0.476 e. The Bertz CT molecular complexity index is 1320. The van der Waals surface area contributed by atoms with Crippen molar-refractivity contribution in [3.8, 4) is 0 Å². The number of aromatic carboxylic acids is 1. The third-order valence-corrected chi connectivity index (χ3v) is 7.13. The van der Waals surface area contributed by atoms with Crippen LogP contribution in [0.5, 0.6) is 0 Å². The number of carboxylic acid groups (broad SMARTS) is 1. The molecule has 1 atom stereocenters. The van der Waals surface area contributed by atoms with E-state index in [0.29, 0.717) is 34.6 Å². The quantitative estimate of drug-likeness (QED) is 0.540. The summed E-state index contributed by atoms with van der Waals surface area (Å²) in [6, 6.07) is 7.58. The second kappa shape index (κ2) is 8.02. The number of benzene rings is 1. The minimum Gasteiger partial charge on any atom is -0.476 e. The number of nitrogens with zero attached hydrogens (tertiary/aromatic N) is 4. The number of nitrogens with one attached hydrogen (secondary N) is 1. The molecule has 172 valence electrons. The highest BCUT2D eigenvalue weighted by molar-refractivity contribution is 6.29. The van der Waals surface area contributed by atoms with Crippen LogP contribution in [0.2, 0.25) is 5.15 Å². The van der Waals surface area contributed by atoms with Gasteiger partial charge in [0.25, 0.3) is 5.56 Å². The highest BCUT2D eigenvalue weighted by Gasteiger charge is 2.41. The third-order valence-electron chi connectivity index (χ3n) is 6.92. The van der Waals surface area contributed by atoms with Crippen LogP contribution in [0.25, 0.3) is 10.9 Å². The molecule has 2 N–H and O–H groups in total. The van der Waals surface area contributed by atoms with Gasteiger partial charge in [0.05, 0.1) is 22.6 Å². The first-order valence-corrected chi connectivity index (χ1v) is 11.6. The smallest absolute Gasteiger partial charge is 0.356 e. The first kappa shape index (κ1) is 21.7. The van der Waals surface area contributed by atoms with Gasteiger partial charge in [-0.3, -0.25) is 9.36 Å². The summed E-state index contributed by atoms with van der Waals surface area (Å²) in [5.74, 6) is -0.450. The summed E-state index contributed by atoms with van der Waals surface area (Å²) in [6.45, 7) is 3.86. The van der Waals surface area contributed by atoms with Crippen molar-refractivity contribution in [2.45, 2.75) is 57.7 Å². The number of rotatable bonds is 5. The van der Waals surface area contributed by atoms with Gasteiger partial charge in [-0.2, -0.15) is 0 Å². The van der Waals surface area contributed by atoms with Crippen LogP contribution in [0, 0.1) is 6.92 Å². The van der Waals surface area contributed by atoms with Crippen LogP contribution in [0.3, 0.4) is 0 Å². The molecule has 2 saturated heterocycles. The maximum Gasteiger partial charge on any atom is 0.356 e. The molecule has 2 aliphatic rings. The summed E-state index contributed by atoms with van der Waals surface area (Å²) in [7, 11) is 1.80. The third kappa shape index (κ3) is 3.62. The number of aromatic nitrogens is 3. The molecule has 0 aliphatic carbocycles. The molecule has 0 unspecified atom stereocenters. The van der Waals surface area contributed by atoms with Crippen LogP contribution < -0.4 is 15.8 Å². The Morgan fingerprint density at radius 2 is 1.85 bits per heavy atom. The summed E-state index contributed by atoms with van der Waals surface area (Å²) < 4.78 is 1.67.